The van der Waals surface area contributed by atoms with Gasteiger partial charge in [0.25, 0.3) is 0 Å². The maximum Gasteiger partial charge on any atom is 0.235 e. The summed E-state index contributed by atoms with van der Waals surface area (Å²) in [5, 5.41) is 13.4. The molecule has 0 bridgehead atoms. The summed E-state index contributed by atoms with van der Waals surface area (Å²) in [6.45, 7) is 6.21. The van der Waals surface area contributed by atoms with Crippen molar-refractivity contribution < 1.29 is 13.9 Å². The van der Waals surface area contributed by atoms with Gasteiger partial charge in [-0.1, -0.05) is 48.0 Å². The Morgan fingerprint density at radius 3 is 1.79 bits per heavy atom. The Morgan fingerprint density at radius 1 is 0.660 bits per heavy atom. The summed E-state index contributed by atoms with van der Waals surface area (Å²) >= 11 is 6.27. The van der Waals surface area contributed by atoms with E-state index < -0.39 is 0 Å². The topological polar surface area (TPSA) is 121 Å². The molecule has 0 spiro atoms. The average molecular weight is 646 g/mol. The van der Waals surface area contributed by atoms with E-state index in [0.29, 0.717) is 40.9 Å². The van der Waals surface area contributed by atoms with Gasteiger partial charge in [-0.3, -0.25) is 0 Å². The molecule has 3 aromatic heterocycles. The fourth-order valence-corrected chi connectivity index (χ4v) is 5.28. The molecule has 0 saturated heterocycles. The molecule has 0 atom stereocenters. The lowest BCUT2D eigenvalue weighted by Gasteiger charge is -2.12. The van der Waals surface area contributed by atoms with E-state index in [-0.39, 0.29) is 0 Å². The minimum atomic E-state index is 0.381. The number of ether oxygens (including phenoxy) is 2. The Hall–Kier alpha value is -5.61. The summed E-state index contributed by atoms with van der Waals surface area (Å²) < 4.78 is 16.3. The van der Waals surface area contributed by atoms with Gasteiger partial charge < -0.3 is 19.2 Å². The van der Waals surface area contributed by atoms with Crippen molar-refractivity contribution in [2.24, 2.45) is 0 Å². The highest BCUT2D eigenvalue weighted by Crippen LogP contribution is 2.32. The third-order valence-electron chi connectivity index (χ3n) is 7.33. The second-order valence-electron chi connectivity index (χ2n) is 10.7. The Morgan fingerprint density at radius 2 is 1.21 bits per heavy atom. The van der Waals surface area contributed by atoms with Gasteiger partial charge in [-0.15, -0.1) is 10.2 Å². The van der Waals surface area contributed by atoms with Crippen molar-refractivity contribution in [3.05, 3.63) is 113 Å². The second kappa shape index (κ2) is 13.8. The van der Waals surface area contributed by atoms with Crippen LogP contribution in [0.5, 0.6) is 11.5 Å². The molecule has 11 heteroatoms. The molecule has 0 aliphatic heterocycles. The van der Waals surface area contributed by atoms with Crippen LogP contribution >= 0.6 is 11.6 Å². The summed E-state index contributed by atoms with van der Waals surface area (Å²) in [6, 6.07) is 27.4. The van der Waals surface area contributed by atoms with Crippen molar-refractivity contribution in [3.8, 4) is 34.3 Å². The predicted molar refractivity (Wildman–Crippen MR) is 184 cm³/mol. The van der Waals surface area contributed by atoms with Gasteiger partial charge in [0.05, 0.1) is 42.9 Å². The molecule has 0 aliphatic rings. The molecule has 0 radical (unpaired) electrons. The average Bonchev–Trinajstić information content (AvgIpc) is 3.51. The van der Waals surface area contributed by atoms with Crippen molar-refractivity contribution in [2.45, 2.75) is 27.3 Å². The van der Waals surface area contributed by atoms with Gasteiger partial charge in [-0.05, 0) is 73.5 Å². The van der Waals surface area contributed by atoms with Gasteiger partial charge in [-0.2, -0.15) is 0 Å². The molecule has 7 aromatic rings. The molecule has 10 nitrogen and oxygen atoms in total. The van der Waals surface area contributed by atoms with E-state index >= 15 is 0 Å². The molecule has 236 valence electrons. The van der Waals surface area contributed by atoms with E-state index in [1.165, 1.54) is 0 Å². The number of nitrogens with zero attached hydrogens (tertiary/aromatic N) is 6. The van der Waals surface area contributed by atoms with E-state index in [1.807, 2.05) is 98.8 Å². The number of halogens is 1. The van der Waals surface area contributed by atoms with E-state index in [1.54, 1.807) is 21.1 Å². The first-order valence-electron chi connectivity index (χ1n) is 14.8. The lowest BCUT2D eigenvalue weighted by atomic mass is 10.1. The van der Waals surface area contributed by atoms with Crippen molar-refractivity contribution in [2.75, 3.05) is 19.5 Å². The van der Waals surface area contributed by atoms with Crippen LogP contribution in [0.1, 0.15) is 22.9 Å². The summed E-state index contributed by atoms with van der Waals surface area (Å²) in [6.07, 6.45) is 0. The quantitative estimate of drug-likeness (QED) is 0.170. The SMILES string of the molecule is COc1ccccc1-c1nc(Cl)c2ccc(C)cc2n1.COc1ccccc1-c1nc(NCc2nnc(C)o2)c2ccc(C)cc2n1. The van der Waals surface area contributed by atoms with Crippen LogP contribution < -0.4 is 14.8 Å². The van der Waals surface area contributed by atoms with E-state index in [0.717, 1.165) is 55.6 Å². The fourth-order valence-electron chi connectivity index (χ4n) is 5.04. The van der Waals surface area contributed by atoms with Crippen LogP contribution in [0.3, 0.4) is 0 Å². The molecular weight excluding hydrogens is 614 g/mol. The lowest BCUT2D eigenvalue weighted by Crippen LogP contribution is -2.05. The summed E-state index contributed by atoms with van der Waals surface area (Å²) in [5.41, 5.74) is 5.63. The fraction of sp³-hybridized carbons (Fsp3) is 0.167. The first-order valence-corrected chi connectivity index (χ1v) is 15.2. The van der Waals surface area contributed by atoms with Crippen molar-refractivity contribution >= 4 is 39.2 Å². The van der Waals surface area contributed by atoms with Crippen LogP contribution in [0.2, 0.25) is 5.15 Å². The molecule has 1 N–H and O–H groups in total. The number of aryl methyl sites for hydroxylation is 3. The Kier molecular flexibility index (Phi) is 9.21. The van der Waals surface area contributed by atoms with Crippen LogP contribution in [0.25, 0.3) is 44.6 Å². The number of hydrogen-bond acceptors (Lipinski definition) is 10. The van der Waals surface area contributed by atoms with Gasteiger partial charge in [0, 0.05) is 17.7 Å². The first kappa shape index (κ1) is 31.4. The zero-order chi connectivity index (χ0) is 32.9. The van der Waals surface area contributed by atoms with E-state index in [4.69, 9.17) is 35.5 Å². The smallest absolute Gasteiger partial charge is 0.235 e. The van der Waals surface area contributed by atoms with Crippen LogP contribution in [-0.4, -0.2) is 44.4 Å². The largest absolute Gasteiger partial charge is 0.496 e. The number of para-hydroxylation sites is 2. The Balaban J connectivity index is 0.000000172. The lowest BCUT2D eigenvalue weighted by molar-refractivity contribution is 0.416. The highest BCUT2D eigenvalue weighted by Gasteiger charge is 2.15. The molecule has 0 fully saturated rings. The monoisotopic (exact) mass is 645 g/mol. The van der Waals surface area contributed by atoms with Crippen LogP contribution in [0.15, 0.2) is 89.3 Å². The van der Waals surface area contributed by atoms with Gasteiger partial charge in [-0.25, -0.2) is 19.9 Å². The molecule has 0 unspecified atom stereocenters. The molecule has 0 saturated carbocycles. The van der Waals surface area contributed by atoms with Crippen molar-refractivity contribution in [3.63, 3.8) is 0 Å². The van der Waals surface area contributed by atoms with Gasteiger partial charge >= 0.3 is 0 Å². The number of rotatable bonds is 7. The molecule has 4 aromatic carbocycles. The molecule has 0 amide bonds. The van der Waals surface area contributed by atoms with Crippen LogP contribution in [0.4, 0.5) is 5.82 Å². The third kappa shape index (κ3) is 6.97. The summed E-state index contributed by atoms with van der Waals surface area (Å²) in [5.74, 6) is 4.37. The standard InChI is InChI=1S/C20H19N5O2.C16H13ClN2O/c1-12-8-9-14-16(10-12)22-20(15-6-4-5-7-17(15)26-3)23-19(14)21-11-18-25-24-13(2)27-18;1-10-7-8-11-13(9-10)18-16(19-15(11)17)12-5-3-4-6-14(12)20-2/h4-10H,11H2,1-3H3,(H,21,22,23);3-9H,1-2H3. The highest BCUT2D eigenvalue weighted by atomic mass is 35.5. The van der Waals surface area contributed by atoms with Crippen molar-refractivity contribution in [1.29, 1.82) is 0 Å². The number of hydrogen-bond donors (Lipinski definition) is 1. The maximum atomic E-state index is 6.27. The maximum absolute atomic E-state index is 6.27. The molecule has 3 heterocycles. The van der Waals surface area contributed by atoms with Gasteiger partial charge in [0.2, 0.25) is 11.8 Å². The number of methoxy groups -OCH3 is 2. The van der Waals surface area contributed by atoms with Crippen LogP contribution in [-0.2, 0) is 6.54 Å². The van der Waals surface area contributed by atoms with Crippen molar-refractivity contribution in [1.82, 2.24) is 30.1 Å². The van der Waals surface area contributed by atoms with E-state index in [2.05, 4.69) is 25.5 Å². The number of benzene rings is 4. The third-order valence-corrected chi connectivity index (χ3v) is 7.62. The molecular formula is C36H32ClN7O3. The van der Waals surface area contributed by atoms with E-state index in [9.17, 15) is 0 Å². The molecule has 7 rings (SSSR count). The highest BCUT2D eigenvalue weighted by molar-refractivity contribution is 6.34. The zero-order valence-electron chi connectivity index (χ0n) is 26.6. The Bertz CT molecular complexity index is 2200. The number of nitrogens with one attached hydrogen (secondary N) is 1. The number of anilines is 1. The normalized spacial score (nSPS) is 10.9. The summed E-state index contributed by atoms with van der Waals surface area (Å²) in [7, 11) is 3.27. The van der Waals surface area contributed by atoms with Gasteiger partial charge in [0.1, 0.15) is 22.5 Å². The predicted octanol–water partition coefficient (Wildman–Crippen LogP) is 8.18. The summed E-state index contributed by atoms with van der Waals surface area (Å²) in [4.78, 5) is 18.5. The minimum Gasteiger partial charge on any atom is -0.496 e. The van der Waals surface area contributed by atoms with Crippen LogP contribution in [0, 0.1) is 20.8 Å². The minimum absolute atomic E-state index is 0.381. The first-order chi connectivity index (χ1) is 22.8. The zero-order valence-corrected chi connectivity index (χ0v) is 27.3. The second-order valence-corrected chi connectivity index (χ2v) is 11.1. The van der Waals surface area contributed by atoms with Gasteiger partial charge in [0.15, 0.2) is 11.6 Å². The number of fused-ring (bicyclic) bond motifs is 2. The Labute approximate surface area is 276 Å². The number of aromatic nitrogens is 6. The molecule has 0 aliphatic carbocycles. The molecule has 47 heavy (non-hydrogen) atoms.